The van der Waals surface area contributed by atoms with Crippen molar-refractivity contribution < 1.29 is 4.84 Å². The van der Waals surface area contributed by atoms with Crippen LogP contribution >= 0.6 is 22.9 Å². The van der Waals surface area contributed by atoms with Gasteiger partial charge in [0, 0.05) is 11.3 Å². The molecule has 0 atom stereocenters. The first kappa shape index (κ1) is 8.01. The maximum absolute atomic E-state index is 5.79. The summed E-state index contributed by atoms with van der Waals surface area (Å²) in [6, 6.07) is 1.87. The van der Waals surface area contributed by atoms with E-state index in [-0.39, 0.29) is 0 Å². The predicted octanol–water partition coefficient (Wildman–Crippen LogP) is 1.83. The van der Waals surface area contributed by atoms with Crippen LogP contribution in [0.4, 0.5) is 0 Å². The second-order valence-electron chi connectivity index (χ2n) is 1.81. The number of rotatable bonds is 3. The third-order valence-electron chi connectivity index (χ3n) is 1.14. The topological polar surface area (TPSA) is 35.2 Å². The molecule has 0 spiro atoms. The van der Waals surface area contributed by atoms with Crippen LogP contribution in [-0.4, -0.2) is 6.61 Å². The third-order valence-corrected chi connectivity index (χ3v) is 2.58. The summed E-state index contributed by atoms with van der Waals surface area (Å²) in [7, 11) is 0. The van der Waals surface area contributed by atoms with Crippen LogP contribution in [0.25, 0.3) is 0 Å². The van der Waals surface area contributed by atoms with Crippen LogP contribution in [0.5, 0.6) is 0 Å². The molecule has 0 saturated carbocycles. The monoisotopic (exact) mass is 177 g/mol. The Balaban J connectivity index is 2.49. The second-order valence-corrected chi connectivity index (χ2v) is 3.22. The highest BCUT2D eigenvalue weighted by atomic mass is 35.5. The molecule has 10 heavy (non-hydrogen) atoms. The van der Waals surface area contributed by atoms with Gasteiger partial charge in [0.1, 0.15) is 0 Å². The lowest BCUT2D eigenvalue weighted by Gasteiger charge is -1.94. The van der Waals surface area contributed by atoms with Crippen molar-refractivity contribution in [2.45, 2.75) is 6.42 Å². The van der Waals surface area contributed by atoms with E-state index in [1.54, 1.807) is 11.3 Å². The normalized spacial score (nSPS) is 10.2. The molecule has 0 aliphatic carbocycles. The van der Waals surface area contributed by atoms with Gasteiger partial charge in [-0.1, -0.05) is 11.6 Å². The van der Waals surface area contributed by atoms with Gasteiger partial charge in [0.25, 0.3) is 0 Å². The molecular formula is C6H8ClNOS. The van der Waals surface area contributed by atoms with Crippen LogP contribution in [0.3, 0.4) is 0 Å². The molecular weight excluding hydrogens is 170 g/mol. The lowest BCUT2D eigenvalue weighted by Crippen LogP contribution is -2.02. The van der Waals surface area contributed by atoms with Gasteiger partial charge in [0.15, 0.2) is 0 Å². The van der Waals surface area contributed by atoms with Crippen molar-refractivity contribution in [1.29, 1.82) is 0 Å². The highest BCUT2D eigenvalue weighted by molar-refractivity contribution is 7.10. The zero-order chi connectivity index (χ0) is 7.40. The van der Waals surface area contributed by atoms with Crippen LogP contribution < -0.4 is 5.90 Å². The third kappa shape index (κ3) is 1.95. The number of hydrogen-bond donors (Lipinski definition) is 1. The molecule has 0 saturated heterocycles. The highest BCUT2D eigenvalue weighted by Gasteiger charge is 1.99. The van der Waals surface area contributed by atoms with Crippen LogP contribution in [0, 0.1) is 0 Å². The van der Waals surface area contributed by atoms with E-state index in [4.69, 9.17) is 17.5 Å². The Bertz CT molecular complexity index is 201. The summed E-state index contributed by atoms with van der Waals surface area (Å²) < 4.78 is 0. The SMILES string of the molecule is NOCCc1sccc1Cl. The van der Waals surface area contributed by atoms with Gasteiger partial charge in [0.2, 0.25) is 0 Å². The van der Waals surface area contributed by atoms with Crippen molar-refractivity contribution in [2.24, 2.45) is 5.90 Å². The summed E-state index contributed by atoms with van der Waals surface area (Å²) in [6.45, 7) is 0.528. The Labute approximate surface area is 68.5 Å². The number of halogens is 1. The van der Waals surface area contributed by atoms with E-state index >= 15 is 0 Å². The van der Waals surface area contributed by atoms with Crippen molar-refractivity contribution in [2.75, 3.05) is 6.61 Å². The van der Waals surface area contributed by atoms with E-state index in [2.05, 4.69) is 4.84 Å². The molecule has 4 heteroatoms. The average Bonchev–Trinajstić information content (AvgIpc) is 2.31. The Morgan fingerprint density at radius 2 is 2.50 bits per heavy atom. The van der Waals surface area contributed by atoms with Gasteiger partial charge in [-0.05, 0) is 11.4 Å². The maximum Gasteiger partial charge on any atom is 0.0728 e. The largest absolute Gasteiger partial charge is 0.304 e. The molecule has 0 fully saturated rings. The smallest absolute Gasteiger partial charge is 0.0728 e. The zero-order valence-corrected chi connectivity index (χ0v) is 6.91. The highest BCUT2D eigenvalue weighted by Crippen LogP contribution is 2.21. The maximum atomic E-state index is 5.79. The minimum absolute atomic E-state index is 0.528. The first-order valence-corrected chi connectivity index (χ1v) is 4.14. The summed E-state index contributed by atoms with van der Waals surface area (Å²) in [5.74, 6) is 4.86. The molecule has 1 rings (SSSR count). The minimum atomic E-state index is 0.528. The first-order chi connectivity index (χ1) is 4.84. The van der Waals surface area contributed by atoms with Crippen molar-refractivity contribution >= 4 is 22.9 Å². The van der Waals surface area contributed by atoms with E-state index in [0.29, 0.717) is 6.61 Å². The van der Waals surface area contributed by atoms with Crippen molar-refractivity contribution in [1.82, 2.24) is 0 Å². The van der Waals surface area contributed by atoms with Gasteiger partial charge >= 0.3 is 0 Å². The van der Waals surface area contributed by atoms with Crippen molar-refractivity contribution in [3.8, 4) is 0 Å². The molecule has 0 unspecified atom stereocenters. The number of hydrogen-bond acceptors (Lipinski definition) is 3. The van der Waals surface area contributed by atoms with E-state index in [9.17, 15) is 0 Å². The summed E-state index contributed by atoms with van der Waals surface area (Å²) in [5, 5.41) is 2.76. The van der Waals surface area contributed by atoms with Gasteiger partial charge in [-0.2, -0.15) is 0 Å². The minimum Gasteiger partial charge on any atom is -0.304 e. The Kier molecular flexibility index (Phi) is 3.15. The zero-order valence-electron chi connectivity index (χ0n) is 5.34. The van der Waals surface area contributed by atoms with Gasteiger partial charge in [-0.15, -0.1) is 11.3 Å². The van der Waals surface area contributed by atoms with E-state index in [1.807, 2.05) is 11.4 Å². The summed E-state index contributed by atoms with van der Waals surface area (Å²) in [4.78, 5) is 5.55. The molecule has 1 aromatic rings. The van der Waals surface area contributed by atoms with Gasteiger partial charge < -0.3 is 4.84 Å². The van der Waals surface area contributed by atoms with Gasteiger partial charge in [0.05, 0.1) is 11.6 Å². The Hall–Kier alpha value is -0.0900. The molecule has 1 aromatic heterocycles. The molecule has 0 aliphatic rings. The van der Waals surface area contributed by atoms with E-state index in [1.165, 1.54) is 0 Å². The molecule has 0 bridgehead atoms. The Morgan fingerprint density at radius 3 is 3.00 bits per heavy atom. The molecule has 1 heterocycles. The lowest BCUT2D eigenvalue weighted by molar-refractivity contribution is 0.142. The van der Waals surface area contributed by atoms with Crippen LogP contribution in [0.2, 0.25) is 5.02 Å². The quantitative estimate of drug-likeness (QED) is 0.716. The molecule has 0 aliphatic heterocycles. The number of nitrogens with two attached hydrogens (primary N) is 1. The fourth-order valence-electron chi connectivity index (χ4n) is 0.655. The van der Waals surface area contributed by atoms with Crippen LogP contribution in [-0.2, 0) is 11.3 Å². The fraction of sp³-hybridized carbons (Fsp3) is 0.333. The molecule has 0 radical (unpaired) electrons. The summed E-state index contributed by atoms with van der Waals surface area (Å²) in [5.41, 5.74) is 0. The summed E-state index contributed by atoms with van der Waals surface area (Å²) in [6.07, 6.45) is 0.799. The van der Waals surface area contributed by atoms with Crippen molar-refractivity contribution in [3.05, 3.63) is 21.3 Å². The number of thiophene rings is 1. The molecule has 2 N–H and O–H groups in total. The van der Waals surface area contributed by atoms with Crippen LogP contribution in [0.15, 0.2) is 11.4 Å². The molecule has 56 valence electrons. The fourth-order valence-corrected chi connectivity index (χ4v) is 1.77. The van der Waals surface area contributed by atoms with E-state index < -0.39 is 0 Å². The lowest BCUT2D eigenvalue weighted by atomic mass is 10.4. The predicted molar refractivity (Wildman–Crippen MR) is 43.2 cm³/mol. The molecule has 0 amide bonds. The molecule has 0 aromatic carbocycles. The van der Waals surface area contributed by atoms with E-state index in [0.717, 1.165) is 16.3 Å². The van der Waals surface area contributed by atoms with Crippen LogP contribution in [0.1, 0.15) is 4.88 Å². The first-order valence-electron chi connectivity index (χ1n) is 2.88. The standard InChI is InChI=1S/C6H8ClNOS/c7-5-2-4-10-6(5)1-3-9-8/h2,4H,1,3,8H2. The van der Waals surface area contributed by atoms with Gasteiger partial charge in [-0.25, -0.2) is 5.90 Å². The summed E-state index contributed by atoms with van der Waals surface area (Å²) >= 11 is 7.41. The molecule has 2 nitrogen and oxygen atoms in total. The van der Waals surface area contributed by atoms with Crippen molar-refractivity contribution in [3.63, 3.8) is 0 Å². The Morgan fingerprint density at radius 1 is 1.70 bits per heavy atom. The second kappa shape index (κ2) is 3.93. The average molecular weight is 178 g/mol. The van der Waals surface area contributed by atoms with Gasteiger partial charge in [-0.3, -0.25) is 0 Å².